The van der Waals surface area contributed by atoms with Crippen molar-refractivity contribution in [3.05, 3.63) is 11.8 Å². The Morgan fingerprint density at radius 1 is 1.69 bits per heavy atom. The zero-order valence-electron chi connectivity index (χ0n) is 9.26. The molecule has 0 amide bonds. The molecule has 0 aliphatic heterocycles. The van der Waals surface area contributed by atoms with Crippen molar-refractivity contribution in [1.82, 2.24) is 10.2 Å². The van der Waals surface area contributed by atoms with Gasteiger partial charge in [0.25, 0.3) is 0 Å². The van der Waals surface area contributed by atoms with Crippen molar-refractivity contribution < 1.29 is 62.3 Å². The van der Waals surface area contributed by atoms with Crippen LogP contribution in [0, 0.1) is 0 Å². The van der Waals surface area contributed by atoms with Crippen molar-refractivity contribution >= 4 is 5.97 Å². The predicted molar refractivity (Wildman–Crippen MR) is 45.0 cm³/mol. The summed E-state index contributed by atoms with van der Waals surface area (Å²) in [5, 5.41) is 6.56. The van der Waals surface area contributed by atoms with Gasteiger partial charge in [-0.15, -0.1) is 5.10 Å². The number of carbonyl (C=O) groups is 1. The summed E-state index contributed by atoms with van der Waals surface area (Å²) in [6.45, 7) is 3.74. The predicted octanol–water partition coefficient (Wildman–Crippen LogP) is -1.60. The molecule has 0 spiro atoms. The minimum absolute atomic E-state index is 0. The zero-order chi connectivity index (χ0) is 8.97. The van der Waals surface area contributed by atoms with Gasteiger partial charge in [-0.25, -0.2) is 0 Å². The maximum absolute atomic E-state index is 10.8. The summed E-state index contributed by atoms with van der Waals surface area (Å²) in [6.07, 6.45) is 1.23. The van der Waals surface area contributed by atoms with E-state index in [4.69, 9.17) is 4.74 Å². The number of H-pyrrole nitrogens is 1. The SMILES string of the molecule is CCC(=O)Oc1cc(CC)[nH]n1.[H-].[K+]. The zero-order valence-corrected chi connectivity index (χ0v) is 11.4. The fraction of sp³-hybridized carbons (Fsp3) is 0.500. The third kappa shape index (κ3) is 4.37. The maximum Gasteiger partial charge on any atom is 1.00 e. The van der Waals surface area contributed by atoms with Gasteiger partial charge in [-0.2, -0.15) is 0 Å². The van der Waals surface area contributed by atoms with E-state index in [2.05, 4.69) is 10.2 Å². The minimum Gasteiger partial charge on any atom is -1.00 e. The van der Waals surface area contributed by atoms with Crippen molar-refractivity contribution in [2.45, 2.75) is 26.7 Å². The number of hydrogen-bond acceptors (Lipinski definition) is 3. The van der Waals surface area contributed by atoms with Crippen LogP contribution in [0.4, 0.5) is 0 Å². The number of nitrogens with zero attached hydrogens (tertiary/aromatic N) is 1. The van der Waals surface area contributed by atoms with Crippen molar-refractivity contribution in [2.24, 2.45) is 0 Å². The molecule has 13 heavy (non-hydrogen) atoms. The van der Waals surface area contributed by atoms with Gasteiger partial charge in [-0.3, -0.25) is 9.89 Å². The molecule has 0 atom stereocenters. The van der Waals surface area contributed by atoms with E-state index in [0.717, 1.165) is 12.1 Å². The quantitative estimate of drug-likeness (QED) is 0.481. The van der Waals surface area contributed by atoms with E-state index >= 15 is 0 Å². The molecule has 0 unspecified atom stereocenters. The number of aromatic nitrogens is 2. The maximum atomic E-state index is 10.8. The largest absolute Gasteiger partial charge is 1.00 e. The van der Waals surface area contributed by atoms with Crippen LogP contribution in [-0.4, -0.2) is 16.2 Å². The molecular formula is C8H13KN2O2. The van der Waals surface area contributed by atoms with Crippen LogP contribution in [0.5, 0.6) is 5.88 Å². The van der Waals surface area contributed by atoms with E-state index in [1.165, 1.54) is 0 Å². The van der Waals surface area contributed by atoms with Crippen LogP contribution in [-0.2, 0) is 11.2 Å². The number of rotatable bonds is 3. The van der Waals surface area contributed by atoms with E-state index in [1.54, 1.807) is 13.0 Å². The van der Waals surface area contributed by atoms with E-state index in [9.17, 15) is 4.79 Å². The Hall–Kier alpha value is 0.316. The van der Waals surface area contributed by atoms with E-state index < -0.39 is 0 Å². The van der Waals surface area contributed by atoms with Gasteiger partial charge in [0.2, 0.25) is 5.88 Å². The Bertz CT molecular complexity index is 278. The van der Waals surface area contributed by atoms with E-state index in [-0.39, 0.29) is 58.8 Å². The summed E-state index contributed by atoms with van der Waals surface area (Å²) in [7, 11) is 0. The third-order valence-electron chi connectivity index (χ3n) is 1.50. The van der Waals surface area contributed by atoms with Crippen LogP contribution in [0.1, 0.15) is 27.4 Å². The number of aryl methyl sites for hydroxylation is 1. The van der Waals surface area contributed by atoms with Gasteiger partial charge in [-0.05, 0) is 6.42 Å². The van der Waals surface area contributed by atoms with Gasteiger partial charge in [-0.1, -0.05) is 13.8 Å². The van der Waals surface area contributed by atoms with Crippen LogP contribution >= 0.6 is 0 Å². The molecule has 0 bridgehead atoms. The molecule has 1 N–H and O–H groups in total. The van der Waals surface area contributed by atoms with Crippen LogP contribution < -0.4 is 56.1 Å². The minimum atomic E-state index is -0.260. The Morgan fingerprint density at radius 2 is 2.38 bits per heavy atom. The Labute approximate surface area is 121 Å². The summed E-state index contributed by atoms with van der Waals surface area (Å²) in [5.74, 6) is 0.0999. The van der Waals surface area contributed by atoms with Gasteiger partial charge in [0.15, 0.2) is 0 Å². The summed E-state index contributed by atoms with van der Waals surface area (Å²) in [4.78, 5) is 10.8. The van der Waals surface area contributed by atoms with Crippen molar-refractivity contribution in [2.75, 3.05) is 0 Å². The Kier molecular flexibility index (Phi) is 6.89. The Morgan fingerprint density at radius 3 is 2.85 bits per heavy atom. The molecule has 1 rings (SSSR count). The van der Waals surface area contributed by atoms with Gasteiger partial charge in [0, 0.05) is 18.2 Å². The van der Waals surface area contributed by atoms with Crippen molar-refractivity contribution in [1.29, 1.82) is 0 Å². The molecule has 0 saturated heterocycles. The summed E-state index contributed by atoms with van der Waals surface area (Å²) in [6, 6.07) is 1.73. The molecule has 0 aliphatic carbocycles. The number of carbonyl (C=O) groups excluding carboxylic acids is 1. The second-order valence-corrected chi connectivity index (χ2v) is 2.41. The molecule has 0 radical (unpaired) electrons. The second kappa shape index (κ2) is 6.72. The molecule has 68 valence electrons. The first-order valence-corrected chi connectivity index (χ1v) is 4.01. The molecule has 5 heteroatoms. The van der Waals surface area contributed by atoms with Crippen LogP contribution in [0.25, 0.3) is 0 Å². The monoisotopic (exact) mass is 208 g/mol. The van der Waals surface area contributed by atoms with Crippen LogP contribution in [0.3, 0.4) is 0 Å². The standard InChI is InChI=1S/C8H12N2O2.K.H/c1-3-6-5-7(10-9-6)12-8(11)4-2;;/h5H,3-4H2,1-2H3,(H,9,10);;/q;+1;-1. The average molecular weight is 208 g/mol. The van der Waals surface area contributed by atoms with Crippen molar-refractivity contribution in [3.63, 3.8) is 0 Å². The molecule has 0 fully saturated rings. The van der Waals surface area contributed by atoms with E-state index in [0.29, 0.717) is 12.3 Å². The third-order valence-corrected chi connectivity index (χ3v) is 1.50. The number of ether oxygens (including phenoxy) is 1. The summed E-state index contributed by atoms with van der Waals surface area (Å²) >= 11 is 0. The Balaban J connectivity index is 0. The van der Waals surface area contributed by atoms with E-state index in [1.807, 2.05) is 6.92 Å². The van der Waals surface area contributed by atoms with Crippen LogP contribution in [0.15, 0.2) is 6.07 Å². The molecule has 1 heterocycles. The normalized spacial score (nSPS) is 9.08. The average Bonchev–Trinajstić information content (AvgIpc) is 2.52. The number of aromatic amines is 1. The molecule has 1 aromatic rings. The molecule has 0 saturated carbocycles. The van der Waals surface area contributed by atoms with Crippen molar-refractivity contribution in [3.8, 4) is 5.88 Å². The summed E-state index contributed by atoms with van der Waals surface area (Å²) < 4.78 is 4.86. The van der Waals surface area contributed by atoms with Gasteiger partial charge in [0.05, 0.1) is 0 Å². The van der Waals surface area contributed by atoms with Gasteiger partial charge < -0.3 is 6.16 Å². The first kappa shape index (κ1) is 13.3. The van der Waals surface area contributed by atoms with Crippen LogP contribution in [0.2, 0.25) is 0 Å². The molecule has 0 aromatic carbocycles. The number of nitrogens with one attached hydrogen (secondary N) is 1. The van der Waals surface area contributed by atoms with Gasteiger partial charge >= 0.3 is 57.4 Å². The molecule has 4 nitrogen and oxygen atoms in total. The molecular weight excluding hydrogens is 195 g/mol. The summed E-state index contributed by atoms with van der Waals surface area (Å²) in [5.41, 5.74) is 0.967. The first-order valence-electron chi connectivity index (χ1n) is 4.01. The molecule has 0 aliphatic rings. The first-order chi connectivity index (χ1) is 5.76. The number of hydrogen-bond donors (Lipinski definition) is 1. The molecule has 1 aromatic heterocycles. The fourth-order valence-corrected chi connectivity index (χ4v) is 0.763. The fourth-order valence-electron chi connectivity index (χ4n) is 0.763. The second-order valence-electron chi connectivity index (χ2n) is 2.41. The topological polar surface area (TPSA) is 55.0 Å². The smallest absolute Gasteiger partial charge is 1.00 e. The van der Waals surface area contributed by atoms with Gasteiger partial charge in [0.1, 0.15) is 0 Å². The number of esters is 1.